The Morgan fingerprint density at radius 2 is 2.07 bits per heavy atom. The van der Waals surface area contributed by atoms with Crippen molar-refractivity contribution in [2.45, 2.75) is 45.4 Å². The molecule has 1 heterocycles. The average Bonchev–Trinajstić information content (AvgIpc) is 2.06. The lowest BCUT2D eigenvalue weighted by atomic mass is 10.1. The van der Waals surface area contributed by atoms with Gasteiger partial charge in [-0.2, -0.15) is 0 Å². The molecule has 1 N–H and O–H groups in total. The zero-order valence-electron chi connectivity index (χ0n) is 9.73. The number of carbonyl (C=O) groups is 1. The standard InChI is InChI=1S/C11H19NO3/c1-8-5-6-9(13)7-12(8)10(14)15-11(2,3)4/h5-6,8-9,13H,7H2,1-4H3. The molecule has 0 aromatic carbocycles. The summed E-state index contributed by atoms with van der Waals surface area (Å²) in [6.45, 7) is 7.67. The van der Waals surface area contributed by atoms with E-state index in [1.54, 1.807) is 12.2 Å². The van der Waals surface area contributed by atoms with Gasteiger partial charge in [-0.15, -0.1) is 0 Å². The Kier molecular flexibility index (Phi) is 3.39. The van der Waals surface area contributed by atoms with Crippen LogP contribution in [-0.4, -0.2) is 40.4 Å². The maximum Gasteiger partial charge on any atom is 0.410 e. The number of rotatable bonds is 0. The number of nitrogens with zero attached hydrogens (tertiary/aromatic N) is 1. The molecule has 0 fully saturated rings. The molecule has 0 aliphatic carbocycles. The first-order chi connectivity index (χ1) is 6.79. The maximum atomic E-state index is 11.7. The van der Waals surface area contributed by atoms with Crippen LogP contribution in [-0.2, 0) is 4.74 Å². The fourth-order valence-corrected chi connectivity index (χ4v) is 1.38. The lowest BCUT2D eigenvalue weighted by molar-refractivity contribution is 0.0113. The van der Waals surface area contributed by atoms with Gasteiger partial charge in [-0.05, 0) is 27.7 Å². The second-order valence-electron chi connectivity index (χ2n) is 4.83. The molecule has 1 rings (SSSR count). The highest BCUT2D eigenvalue weighted by molar-refractivity contribution is 5.69. The summed E-state index contributed by atoms with van der Waals surface area (Å²) >= 11 is 0. The van der Waals surface area contributed by atoms with E-state index in [0.29, 0.717) is 6.54 Å². The van der Waals surface area contributed by atoms with Crippen molar-refractivity contribution in [1.29, 1.82) is 0 Å². The highest BCUT2D eigenvalue weighted by atomic mass is 16.6. The van der Waals surface area contributed by atoms with Crippen LogP contribution in [0, 0.1) is 0 Å². The predicted molar refractivity (Wildman–Crippen MR) is 57.5 cm³/mol. The Hall–Kier alpha value is -1.03. The van der Waals surface area contributed by atoms with Crippen LogP contribution in [0.2, 0.25) is 0 Å². The number of carbonyl (C=O) groups excluding carboxylic acids is 1. The average molecular weight is 213 g/mol. The van der Waals surface area contributed by atoms with Crippen LogP contribution >= 0.6 is 0 Å². The summed E-state index contributed by atoms with van der Waals surface area (Å²) in [5, 5.41) is 9.41. The van der Waals surface area contributed by atoms with Gasteiger partial charge in [0.05, 0.1) is 18.7 Å². The van der Waals surface area contributed by atoms with Crippen molar-refractivity contribution in [2.24, 2.45) is 0 Å². The SMILES string of the molecule is CC1C=CC(O)CN1C(=O)OC(C)(C)C. The lowest BCUT2D eigenvalue weighted by Crippen LogP contribution is -2.47. The summed E-state index contributed by atoms with van der Waals surface area (Å²) in [5.74, 6) is 0. The molecule has 2 unspecified atom stereocenters. The third-order valence-corrected chi connectivity index (χ3v) is 2.12. The van der Waals surface area contributed by atoms with E-state index >= 15 is 0 Å². The van der Waals surface area contributed by atoms with Gasteiger partial charge in [0.15, 0.2) is 0 Å². The molecule has 0 aromatic rings. The van der Waals surface area contributed by atoms with Crippen LogP contribution in [0.3, 0.4) is 0 Å². The summed E-state index contributed by atoms with van der Waals surface area (Å²) in [7, 11) is 0. The van der Waals surface area contributed by atoms with Crippen LogP contribution in [0.25, 0.3) is 0 Å². The van der Waals surface area contributed by atoms with Crippen molar-refractivity contribution in [3.63, 3.8) is 0 Å². The van der Waals surface area contributed by atoms with Crippen molar-refractivity contribution >= 4 is 6.09 Å². The van der Waals surface area contributed by atoms with Gasteiger partial charge in [-0.1, -0.05) is 12.2 Å². The smallest absolute Gasteiger partial charge is 0.410 e. The number of amides is 1. The molecule has 0 saturated carbocycles. The Morgan fingerprint density at radius 3 is 2.60 bits per heavy atom. The second kappa shape index (κ2) is 4.23. The third kappa shape index (κ3) is 3.55. The minimum Gasteiger partial charge on any atom is -0.444 e. The van der Waals surface area contributed by atoms with Gasteiger partial charge in [-0.3, -0.25) is 4.90 Å². The fraction of sp³-hybridized carbons (Fsp3) is 0.727. The van der Waals surface area contributed by atoms with E-state index in [-0.39, 0.29) is 12.1 Å². The van der Waals surface area contributed by atoms with Gasteiger partial charge < -0.3 is 9.84 Å². The van der Waals surface area contributed by atoms with Crippen LogP contribution in [0.5, 0.6) is 0 Å². The lowest BCUT2D eigenvalue weighted by Gasteiger charge is -2.33. The van der Waals surface area contributed by atoms with Crippen LogP contribution < -0.4 is 0 Å². The van der Waals surface area contributed by atoms with Gasteiger partial charge in [-0.25, -0.2) is 4.79 Å². The van der Waals surface area contributed by atoms with E-state index in [1.165, 1.54) is 4.90 Å². The Balaban J connectivity index is 2.64. The molecule has 0 bridgehead atoms. The molecular weight excluding hydrogens is 194 g/mol. The van der Waals surface area contributed by atoms with Crippen LogP contribution in [0.15, 0.2) is 12.2 Å². The number of β-amino-alcohol motifs (C(OH)–C–C–N with tert-alkyl or cyclic N) is 1. The molecule has 86 valence electrons. The molecule has 0 radical (unpaired) electrons. The maximum absolute atomic E-state index is 11.7. The van der Waals surface area contributed by atoms with E-state index in [4.69, 9.17) is 4.74 Å². The second-order valence-corrected chi connectivity index (χ2v) is 4.83. The third-order valence-electron chi connectivity index (χ3n) is 2.12. The molecular formula is C11H19NO3. The van der Waals surface area contributed by atoms with E-state index in [1.807, 2.05) is 27.7 Å². The molecule has 4 heteroatoms. The van der Waals surface area contributed by atoms with Gasteiger partial charge in [0.1, 0.15) is 5.60 Å². The van der Waals surface area contributed by atoms with Crippen molar-refractivity contribution < 1.29 is 14.6 Å². The summed E-state index contributed by atoms with van der Waals surface area (Å²) in [4.78, 5) is 13.3. The first-order valence-electron chi connectivity index (χ1n) is 5.15. The van der Waals surface area contributed by atoms with Crippen molar-refractivity contribution in [3.8, 4) is 0 Å². The van der Waals surface area contributed by atoms with Crippen molar-refractivity contribution in [3.05, 3.63) is 12.2 Å². The summed E-state index contributed by atoms with van der Waals surface area (Å²) in [5.41, 5.74) is -0.497. The number of aliphatic hydroxyl groups is 1. The number of aliphatic hydroxyl groups excluding tert-OH is 1. The van der Waals surface area contributed by atoms with Crippen molar-refractivity contribution in [1.82, 2.24) is 4.90 Å². The van der Waals surface area contributed by atoms with Crippen LogP contribution in [0.1, 0.15) is 27.7 Å². The highest BCUT2D eigenvalue weighted by Gasteiger charge is 2.28. The summed E-state index contributed by atoms with van der Waals surface area (Å²) in [6.07, 6.45) is 2.54. The van der Waals surface area contributed by atoms with E-state index < -0.39 is 11.7 Å². The number of hydrogen-bond donors (Lipinski definition) is 1. The Bertz CT molecular complexity index is 267. The Labute approximate surface area is 90.5 Å². The molecule has 15 heavy (non-hydrogen) atoms. The van der Waals surface area contributed by atoms with Gasteiger partial charge in [0, 0.05) is 0 Å². The molecule has 1 aliphatic rings. The zero-order chi connectivity index (χ0) is 11.6. The van der Waals surface area contributed by atoms with Gasteiger partial charge in [0.2, 0.25) is 0 Å². The summed E-state index contributed by atoms with van der Waals surface area (Å²) in [6, 6.07) is -0.0248. The zero-order valence-corrected chi connectivity index (χ0v) is 9.73. The normalized spacial score (nSPS) is 26.6. The topological polar surface area (TPSA) is 49.8 Å². The monoisotopic (exact) mass is 213 g/mol. The molecule has 1 aliphatic heterocycles. The van der Waals surface area contributed by atoms with Gasteiger partial charge >= 0.3 is 6.09 Å². The number of hydrogen-bond acceptors (Lipinski definition) is 3. The first-order valence-corrected chi connectivity index (χ1v) is 5.15. The quantitative estimate of drug-likeness (QED) is 0.621. The highest BCUT2D eigenvalue weighted by Crippen LogP contribution is 2.15. The fourth-order valence-electron chi connectivity index (χ4n) is 1.38. The largest absolute Gasteiger partial charge is 0.444 e. The summed E-state index contributed by atoms with van der Waals surface area (Å²) < 4.78 is 5.24. The first kappa shape index (κ1) is 12.0. The Morgan fingerprint density at radius 1 is 1.47 bits per heavy atom. The number of ether oxygens (including phenoxy) is 1. The molecule has 2 atom stereocenters. The van der Waals surface area contributed by atoms with E-state index in [2.05, 4.69) is 0 Å². The van der Waals surface area contributed by atoms with E-state index in [9.17, 15) is 9.90 Å². The molecule has 4 nitrogen and oxygen atoms in total. The molecule has 0 aromatic heterocycles. The minimum absolute atomic E-state index is 0.0248. The molecule has 0 saturated heterocycles. The van der Waals surface area contributed by atoms with Crippen LogP contribution in [0.4, 0.5) is 4.79 Å². The van der Waals surface area contributed by atoms with Gasteiger partial charge in [0.25, 0.3) is 0 Å². The minimum atomic E-state index is -0.589. The molecule has 1 amide bonds. The predicted octanol–water partition coefficient (Wildman–Crippen LogP) is 1.54. The molecule has 0 spiro atoms. The van der Waals surface area contributed by atoms with E-state index in [0.717, 1.165) is 0 Å². The van der Waals surface area contributed by atoms with Crippen molar-refractivity contribution in [2.75, 3.05) is 6.54 Å².